The first-order valence-corrected chi connectivity index (χ1v) is 10.5. The highest BCUT2D eigenvalue weighted by Crippen LogP contribution is 2.30. The van der Waals surface area contributed by atoms with E-state index in [2.05, 4.69) is 5.32 Å². The number of halogens is 3. The number of carbonyl (C=O) groups excluding carboxylic acids is 1. The van der Waals surface area contributed by atoms with E-state index in [-0.39, 0.29) is 29.8 Å². The summed E-state index contributed by atoms with van der Waals surface area (Å²) in [5.41, 5.74) is 1.61. The molecule has 4 rings (SSSR count). The van der Waals surface area contributed by atoms with Crippen LogP contribution in [0, 0.1) is 6.92 Å². The van der Waals surface area contributed by atoms with E-state index in [1.54, 1.807) is 12.1 Å². The molecule has 2 amide bonds. The van der Waals surface area contributed by atoms with Crippen LogP contribution in [0.4, 0.5) is 23.7 Å². The van der Waals surface area contributed by atoms with E-state index in [9.17, 15) is 22.8 Å². The molecule has 0 spiro atoms. The van der Waals surface area contributed by atoms with Crippen LogP contribution in [0.5, 0.6) is 0 Å². The summed E-state index contributed by atoms with van der Waals surface area (Å²) in [7, 11) is 0. The number of hydrogen-bond donors (Lipinski definition) is 1. The monoisotopic (exact) mass is 466 g/mol. The first kappa shape index (κ1) is 23.1. The Balaban J connectivity index is 1.62. The van der Waals surface area contributed by atoms with E-state index in [4.69, 9.17) is 4.42 Å². The van der Waals surface area contributed by atoms with E-state index < -0.39 is 17.8 Å². The highest BCUT2D eigenvalue weighted by molar-refractivity contribution is 5.89. The smallest absolute Gasteiger partial charge is 0.416 e. The average molecular weight is 466 g/mol. The molecule has 0 bridgehead atoms. The third-order valence-electron chi connectivity index (χ3n) is 5.33. The predicted octanol–water partition coefficient (Wildman–Crippen LogP) is 6.35. The molecule has 1 N–H and O–H groups in total. The maximum Gasteiger partial charge on any atom is 0.416 e. The Morgan fingerprint density at radius 2 is 1.68 bits per heavy atom. The number of rotatable bonds is 5. The van der Waals surface area contributed by atoms with Crippen molar-refractivity contribution < 1.29 is 22.4 Å². The van der Waals surface area contributed by atoms with Gasteiger partial charge in [0.25, 0.3) is 0 Å². The SMILES string of the molecule is Cc1ccc2occ(CN(Cc3ccccc3)C(=O)Nc3ccc(C(F)(F)F)cc3)c(=O)c2c1. The third-order valence-corrected chi connectivity index (χ3v) is 5.33. The summed E-state index contributed by atoms with van der Waals surface area (Å²) in [6, 6.07) is 18.1. The number of aryl methyl sites for hydroxylation is 1. The number of anilines is 1. The normalized spacial score (nSPS) is 11.4. The van der Waals surface area contributed by atoms with Gasteiger partial charge in [0, 0.05) is 12.2 Å². The standard InChI is InChI=1S/C26H21F3N2O3/c1-17-7-12-23-22(13-17)24(32)19(16-34-23)15-31(14-18-5-3-2-4-6-18)25(33)30-21-10-8-20(9-11-21)26(27,28)29/h2-13,16H,14-15H2,1H3,(H,30,33). The minimum absolute atomic E-state index is 0.0480. The molecule has 0 aliphatic heterocycles. The minimum Gasteiger partial charge on any atom is -0.464 e. The number of amides is 2. The van der Waals surface area contributed by atoms with Crippen molar-refractivity contribution in [2.45, 2.75) is 26.2 Å². The van der Waals surface area contributed by atoms with Crippen LogP contribution in [0.15, 0.2) is 88.3 Å². The van der Waals surface area contributed by atoms with E-state index in [0.717, 1.165) is 23.3 Å². The summed E-state index contributed by atoms with van der Waals surface area (Å²) >= 11 is 0. The fourth-order valence-corrected chi connectivity index (χ4v) is 3.55. The third kappa shape index (κ3) is 5.28. The minimum atomic E-state index is -4.47. The number of alkyl halides is 3. The Labute approximate surface area is 193 Å². The lowest BCUT2D eigenvalue weighted by Gasteiger charge is -2.23. The van der Waals surface area contributed by atoms with Crippen molar-refractivity contribution in [3.05, 3.63) is 112 Å². The van der Waals surface area contributed by atoms with Gasteiger partial charge in [-0.2, -0.15) is 13.2 Å². The summed E-state index contributed by atoms with van der Waals surface area (Å²) in [4.78, 5) is 27.6. The molecule has 0 aliphatic carbocycles. The van der Waals surface area contributed by atoms with Crippen LogP contribution in [0.3, 0.4) is 0 Å². The van der Waals surface area contributed by atoms with Gasteiger partial charge in [0.15, 0.2) is 5.43 Å². The number of benzene rings is 3. The number of nitrogens with one attached hydrogen (secondary N) is 1. The van der Waals surface area contributed by atoms with Gasteiger partial charge >= 0.3 is 12.2 Å². The van der Waals surface area contributed by atoms with Crippen LogP contribution in [-0.4, -0.2) is 10.9 Å². The average Bonchev–Trinajstić information content (AvgIpc) is 2.81. The van der Waals surface area contributed by atoms with Gasteiger partial charge in [-0.05, 0) is 48.9 Å². The second kappa shape index (κ2) is 9.43. The molecule has 1 aromatic heterocycles. The molecule has 0 unspecified atom stereocenters. The molecule has 34 heavy (non-hydrogen) atoms. The fraction of sp³-hybridized carbons (Fsp3) is 0.154. The molecule has 0 atom stereocenters. The number of carbonyl (C=O) groups is 1. The van der Waals surface area contributed by atoms with E-state index in [0.29, 0.717) is 11.0 Å². The van der Waals surface area contributed by atoms with Crippen molar-refractivity contribution in [1.82, 2.24) is 4.90 Å². The van der Waals surface area contributed by atoms with Crippen LogP contribution in [0.2, 0.25) is 0 Å². The lowest BCUT2D eigenvalue weighted by Crippen LogP contribution is -2.35. The number of urea groups is 1. The van der Waals surface area contributed by atoms with Gasteiger partial charge < -0.3 is 14.6 Å². The molecule has 8 heteroatoms. The Bertz CT molecular complexity index is 1360. The summed E-state index contributed by atoms with van der Waals surface area (Å²) in [6.45, 7) is 2.00. The van der Waals surface area contributed by atoms with Gasteiger partial charge in [0.2, 0.25) is 0 Å². The molecule has 0 fully saturated rings. The Morgan fingerprint density at radius 3 is 2.35 bits per heavy atom. The quantitative estimate of drug-likeness (QED) is 0.373. The maximum absolute atomic E-state index is 13.1. The molecule has 0 aliphatic rings. The Kier molecular flexibility index (Phi) is 6.40. The predicted molar refractivity (Wildman–Crippen MR) is 123 cm³/mol. The summed E-state index contributed by atoms with van der Waals surface area (Å²) < 4.78 is 44.1. The molecule has 4 aromatic rings. The Morgan fingerprint density at radius 1 is 0.971 bits per heavy atom. The number of fused-ring (bicyclic) bond motifs is 1. The van der Waals surface area contributed by atoms with Crippen molar-refractivity contribution in [3.63, 3.8) is 0 Å². The van der Waals surface area contributed by atoms with Gasteiger partial charge in [-0.25, -0.2) is 4.79 Å². The zero-order valence-electron chi connectivity index (χ0n) is 18.2. The molecule has 0 radical (unpaired) electrons. The fourth-order valence-electron chi connectivity index (χ4n) is 3.55. The van der Waals surface area contributed by atoms with Gasteiger partial charge in [0.05, 0.1) is 29.3 Å². The largest absolute Gasteiger partial charge is 0.464 e. The molecule has 0 saturated carbocycles. The van der Waals surface area contributed by atoms with Crippen LogP contribution in [-0.2, 0) is 19.3 Å². The van der Waals surface area contributed by atoms with Gasteiger partial charge in [-0.1, -0.05) is 42.0 Å². The van der Waals surface area contributed by atoms with Crippen LogP contribution >= 0.6 is 0 Å². The number of nitrogens with zero attached hydrogens (tertiary/aromatic N) is 1. The van der Waals surface area contributed by atoms with Crippen LogP contribution in [0.1, 0.15) is 22.3 Å². The lowest BCUT2D eigenvalue weighted by molar-refractivity contribution is -0.137. The van der Waals surface area contributed by atoms with E-state index in [1.165, 1.54) is 23.3 Å². The van der Waals surface area contributed by atoms with Crippen LogP contribution < -0.4 is 10.7 Å². The first-order valence-electron chi connectivity index (χ1n) is 10.5. The van der Waals surface area contributed by atoms with Crippen LogP contribution in [0.25, 0.3) is 11.0 Å². The zero-order chi connectivity index (χ0) is 24.3. The maximum atomic E-state index is 13.1. The topological polar surface area (TPSA) is 62.6 Å². The second-order valence-corrected chi connectivity index (χ2v) is 7.94. The van der Waals surface area contributed by atoms with Gasteiger partial charge in [0.1, 0.15) is 5.58 Å². The molecule has 0 saturated heterocycles. The summed E-state index contributed by atoms with van der Waals surface area (Å²) in [5.74, 6) is 0. The molecule has 174 valence electrons. The highest BCUT2D eigenvalue weighted by Gasteiger charge is 2.30. The van der Waals surface area contributed by atoms with Crippen molar-refractivity contribution >= 4 is 22.7 Å². The Hall–Kier alpha value is -4.07. The first-order chi connectivity index (χ1) is 16.2. The van der Waals surface area contributed by atoms with Gasteiger partial charge in [-0.15, -0.1) is 0 Å². The zero-order valence-corrected chi connectivity index (χ0v) is 18.2. The number of hydrogen-bond acceptors (Lipinski definition) is 3. The van der Waals surface area contributed by atoms with Crippen molar-refractivity contribution in [2.75, 3.05) is 5.32 Å². The van der Waals surface area contributed by atoms with E-state index in [1.807, 2.05) is 43.3 Å². The lowest BCUT2D eigenvalue weighted by atomic mass is 10.1. The molecular formula is C26H21F3N2O3. The summed E-state index contributed by atoms with van der Waals surface area (Å²) in [5, 5.41) is 3.03. The van der Waals surface area contributed by atoms with Crippen molar-refractivity contribution in [1.29, 1.82) is 0 Å². The van der Waals surface area contributed by atoms with Gasteiger partial charge in [-0.3, -0.25) is 4.79 Å². The highest BCUT2D eigenvalue weighted by atomic mass is 19.4. The second-order valence-electron chi connectivity index (χ2n) is 7.94. The molecule has 5 nitrogen and oxygen atoms in total. The van der Waals surface area contributed by atoms with Crippen molar-refractivity contribution in [2.24, 2.45) is 0 Å². The molecule has 1 heterocycles. The van der Waals surface area contributed by atoms with Crippen molar-refractivity contribution in [3.8, 4) is 0 Å². The molecular weight excluding hydrogens is 445 g/mol. The van der Waals surface area contributed by atoms with E-state index >= 15 is 0 Å². The summed E-state index contributed by atoms with van der Waals surface area (Å²) in [6.07, 6.45) is -3.13. The molecule has 3 aromatic carbocycles.